The maximum absolute atomic E-state index is 12.2. The van der Waals surface area contributed by atoms with Gasteiger partial charge in [-0.15, -0.1) is 0 Å². The lowest BCUT2D eigenvalue weighted by atomic mass is 10.2. The number of nitrogens with one attached hydrogen (secondary N) is 2. The van der Waals surface area contributed by atoms with Gasteiger partial charge < -0.3 is 0 Å². The van der Waals surface area contributed by atoms with Gasteiger partial charge in [-0.25, -0.2) is 13.9 Å². The molecule has 1 amide bonds. The molecule has 0 aliphatic rings. The zero-order valence-corrected chi connectivity index (χ0v) is 12.1. The summed E-state index contributed by atoms with van der Waals surface area (Å²) in [5, 5.41) is 0. The summed E-state index contributed by atoms with van der Waals surface area (Å²) in [7, 11) is -2.36. The van der Waals surface area contributed by atoms with Crippen LogP contribution < -0.4 is 10.2 Å². The van der Waals surface area contributed by atoms with Gasteiger partial charge in [0.2, 0.25) is 0 Å². The van der Waals surface area contributed by atoms with Crippen LogP contribution in [0.1, 0.15) is 10.4 Å². The number of rotatable bonds is 5. The lowest BCUT2D eigenvalue weighted by Crippen LogP contribution is -2.21. The van der Waals surface area contributed by atoms with Crippen LogP contribution in [0.25, 0.3) is 0 Å². The number of hydroxylamine groups is 1. The van der Waals surface area contributed by atoms with Crippen molar-refractivity contribution in [2.45, 2.75) is 4.90 Å². The van der Waals surface area contributed by atoms with Crippen molar-refractivity contribution in [2.24, 2.45) is 0 Å². The van der Waals surface area contributed by atoms with Gasteiger partial charge in [0.15, 0.2) is 0 Å². The fourth-order valence-electron chi connectivity index (χ4n) is 1.66. The van der Waals surface area contributed by atoms with Crippen LogP contribution >= 0.6 is 0 Å². The van der Waals surface area contributed by atoms with Crippen molar-refractivity contribution in [3.8, 4) is 0 Å². The minimum atomic E-state index is -3.68. The Hall–Kier alpha value is -2.38. The van der Waals surface area contributed by atoms with E-state index in [-0.39, 0.29) is 4.90 Å². The Kier molecular flexibility index (Phi) is 4.56. The molecule has 2 aromatic carbocycles. The summed E-state index contributed by atoms with van der Waals surface area (Å²) in [5.74, 6) is -0.447. The van der Waals surface area contributed by atoms with Gasteiger partial charge in [-0.1, -0.05) is 18.2 Å². The Balaban J connectivity index is 2.19. The number of para-hydroxylation sites is 1. The highest BCUT2D eigenvalue weighted by atomic mass is 32.2. The van der Waals surface area contributed by atoms with E-state index in [1.807, 2.05) is 0 Å². The molecule has 0 atom stereocenters. The summed E-state index contributed by atoms with van der Waals surface area (Å²) < 4.78 is 26.8. The quantitative estimate of drug-likeness (QED) is 0.825. The maximum Gasteiger partial charge on any atom is 0.274 e. The molecule has 0 fully saturated rings. The van der Waals surface area contributed by atoms with E-state index < -0.39 is 15.9 Å². The molecular formula is C14H14N2O4S. The molecule has 0 unspecified atom stereocenters. The van der Waals surface area contributed by atoms with Gasteiger partial charge in [0, 0.05) is 11.3 Å². The highest BCUT2D eigenvalue weighted by Crippen LogP contribution is 2.16. The van der Waals surface area contributed by atoms with Gasteiger partial charge in [-0.2, -0.15) is 0 Å². The summed E-state index contributed by atoms with van der Waals surface area (Å²) in [4.78, 5) is 16.1. The SMILES string of the molecule is CONC(=O)c1ccc(S(=O)(=O)Nc2ccccc2)cc1. The molecule has 0 bridgehead atoms. The molecular weight excluding hydrogens is 292 g/mol. The number of carbonyl (C=O) groups excluding carboxylic acids is 1. The van der Waals surface area contributed by atoms with Crippen LogP contribution in [-0.2, 0) is 14.9 Å². The van der Waals surface area contributed by atoms with Crippen LogP contribution in [0.5, 0.6) is 0 Å². The van der Waals surface area contributed by atoms with Gasteiger partial charge in [0.05, 0.1) is 12.0 Å². The number of hydrogen-bond donors (Lipinski definition) is 2. The monoisotopic (exact) mass is 306 g/mol. The van der Waals surface area contributed by atoms with Crippen LogP contribution in [0.15, 0.2) is 59.5 Å². The Morgan fingerprint density at radius 3 is 2.19 bits per heavy atom. The molecule has 6 nitrogen and oxygen atoms in total. The van der Waals surface area contributed by atoms with Crippen LogP contribution in [0, 0.1) is 0 Å². The lowest BCUT2D eigenvalue weighted by Gasteiger charge is -2.08. The first-order valence-electron chi connectivity index (χ1n) is 6.04. The number of hydrogen-bond acceptors (Lipinski definition) is 4. The minimum Gasteiger partial charge on any atom is -0.280 e. The van der Waals surface area contributed by atoms with E-state index in [4.69, 9.17) is 0 Å². The molecule has 0 aliphatic heterocycles. The van der Waals surface area contributed by atoms with Crippen LogP contribution in [0.2, 0.25) is 0 Å². The van der Waals surface area contributed by atoms with E-state index in [2.05, 4.69) is 15.0 Å². The maximum atomic E-state index is 12.2. The predicted molar refractivity (Wildman–Crippen MR) is 78.2 cm³/mol. The van der Waals surface area contributed by atoms with Crippen molar-refractivity contribution >= 4 is 21.6 Å². The molecule has 0 radical (unpaired) electrons. The second-order valence-electron chi connectivity index (χ2n) is 4.13. The van der Waals surface area contributed by atoms with Gasteiger partial charge >= 0.3 is 0 Å². The number of amides is 1. The molecule has 7 heteroatoms. The lowest BCUT2D eigenvalue weighted by molar-refractivity contribution is 0.0537. The third-order valence-electron chi connectivity index (χ3n) is 2.65. The smallest absolute Gasteiger partial charge is 0.274 e. The van der Waals surface area contributed by atoms with Crippen molar-refractivity contribution in [1.82, 2.24) is 5.48 Å². The first kappa shape index (κ1) is 15.0. The van der Waals surface area contributed by atoms with E-state index in [0.717, 1.165) is 0 Å². The second-order valence-corrected chi connectivity index (χ2v) is 5.81. The Bertz CT molecular complexity index is 712. The van der Waals surface area contributed by atoms with Gasteiger partial charge in [0.1, 0.15) is 0 Å². The van der Waals surface area contributed by atoms with Gasteiger partial charge in [-0.05, 0) is 36.4 Å². The molecule has 2 N–H and O–H groups in total. The fourth-order valence-corrected chi connectivity index (χ4v) is 2.72. The van der Waals surface area contributed by atoms with E-state index in [9.17, 15) is 13.2 Å². The predicted octanol–water partition coefficient (Wildman–Crippen LogP) is 1.78. The second kappa shape index (κ2) is 6.38. The van der Waals surface area contributed by atoms with Crippen molar-refractivity contribution in [1.29, 1.82) is 0 Å². The highest BCUT2D eigenvalue weighted by molar-refractivity contribution is 7.92. The van der Waals surface area contributed by atoms with Gasteiger partial charge in [0.25, 0.3) is 15.9 Å². The largest absolute Gasteiger partial charge is 0.280 e. The first-order chi connectivity index (χ1) is 10.0. The standard InChI is InChI=1S/C14H14N2O4S/c1-20-15-14(17)11-7-9-13(10-8-11)21(18,19)16-12-5-3-2-4-6-12/h2-10,16H,1H3,(H,15,17). The third kappa shape index (κ3) is 3.80. The summed E-state index contributed by atoms with van der Waals surface area (Å²) in [6.45, 7) is 0. The van der Waals surface area contributed by atoms with Crippen LogP contribution in [-0.4, -0.2) is 21.4 Å². The zero-order valence-electron chi connectivity index (χ0n) is 11.2. The van der Waals surface area contributed by atoms with Crippen molar-refractivity contribution < 1.29 is 18.0 Å². The van der Waals surface area contributed by atoms with Crippen molar-refractivity contribution in [3.63, 3.8) is 0 Å². The molecule has 21 heavy (non-hydrogen) atoms. The van der Waals surface area contributed by atoms with E-state index in [1.165, 1.54) is 31.4 Å². The van der Waals surface area contributed by atoms with Crippen LogP contribution in [0.3, 0.4) is 0 Å². The Morgan fingerprint density at radius 2 is 1.62 bits per heavy atom. The molecule has 0 heterocycles. The molecule has 0 aromatic heterocycles. The number of benzene rings is 2. The Labute approximate surface area is 122 Å². The normalized spacial score (nSPS) is 10.9. The number of sulfonamides is 1. The summed E-state index contributed by atoms with van der Waals surface area (Å²) in [6, 6.07) is 14.1. The van der Waals surface area contributed by atoms with E-state index >= 15 is 0 Å². The minimum absolute atomic E-state index is 0.0697. The number of carbonyl (C=O) groups is 1. The topological polar surface area (TPSA) is 84.5 Å². The van der Waals surface area contributed by atoms with Crippen LogP contribution in [0.4, 0.5) is 5.69 Å². The first-order valence-corrected chi connectivity index (χ1v) is 7.52. The fraction of sp³-hybridized carbons (Fsp3) is 0.0714. The summed E-state index contributed by atoms with van der Waals surface area (Å²) in [6.07, 6.45) is 0. The average molecular weight is 306 g/mol. The van der Waals surface area contributed by atoms with Gasteiger partial charge in [-0.3, -0.25) is 14.4 Å². The summed E-state index contributed by atoms with van der Waals surface area (Å²) >= 11 is 0. The van der Waals surface area contributed by atoms with Crippen molar-refractivity contribution in [3.05, 3.63) is 60.2 Å². The third-order valence-corrected chi connectivity index (χ3v) is 4.04. The molecule has 2 rings (SSSR count). The zero-order chi connectivity index (χ0) is 15.3. The average Bonchev–Trinajstić information content (AvgIpc) is 2.48. The number of anilines is 1. The van der Waals surface area contributed by atoms with E-state index in [1.54, 1.807) is 30.3 Å². The molecule has 110 valence electrons. The Morgan fingerprint density at radius 1 is 1.00 bits per heavy atom. The molecule has 0 saturated heterocycles. The molecule has 2 aromatic rings. The summed E-state index contributed by atoms with van der Waals surface area (Å²) in [5.41, 5.74) is 2.93. The molecule has 0 spiro atoms. The highest BCUT2D eigenvalue weighted by Gasteiger charge is 2.15. The van der Waals surface area contributed by atoms with Crippen molar-refractivity contribution in [2.75, 3.05) is 11.8 Å². The molecule has 0 aliphatic carbocycles. The molecule has 0 saturated carbocycles. The van der Waals surface area contributed by atoms with E-state index in [0.29, 0.717) is 11.3 Å².